The minimum atomic E-state index is -0.709. The van der Waals surface area contributed by atoms with E-state index in [1.165, 1.54) is 12.1 Å². The first-order valence-electron chi connectivity index (χ1n) is 7.90. The van der Waals surface area contributed by atoms with Crippen LogP contribution in [0, 0.1) is 11.7 Å². The van der Waals surface area contributed by atoms with E-state index >= 15 is 0 Å². The van der Waals surface area contributed by atoms with E-state index in [1.807, 2.05) is 4.90 Å². The Kier molecular flexibility index (Phi) is 5.91. The lowest BCUT2D eigenvalue weighted by atomic mass is 10.1. The van der Waals surface area contributed by atoms with E-state index in [1.54, 1.807) is 12.1 Å². The summed E-state index contributed by atoms with van der Waals surface area (Å²) in [6.45, 7) is 5.47. The van der Waals surface area contributed by atoms with E-state index in [-0.39, 0.29) is 11.7 Å². The molecule has 2 N–H and O–H groups in total. The Labute approximate surface area is 131 Å². The van der Waals surface area contributed by atoms with Crippen molar-refractivity contribution in [2.45, 2.75) is 38.8 Å². The predicted molar refractivity (Wildman–Crippen MR) is 83.8 cm³/mol. The molecule has 2 rings (SSSR count). The average molecular weight is 308 g/mol. The Bertz CT molecular complexity index is 486. The number of amides is 1. The molecule has 1 saturated carbocycles. The molecular weight excluding hydrogens is 283 g/mol. The molecule has 4 nitrogen and oxygen atoms in total. The monoisotopic (exact) mass is 308 g/mol. The zero-order valence-corrected chi connectivity index (χ0v) is 13.3. The molecule has 0 spiro atoms. The summed E-state index contributed by atoms with van der Waals surface area (Å²) in [5, 5.41) is 13.2. The second-order valence-corrected chi connectivity index (χ2v) is 6.43. The molecule has 1 unspecified atom stereocenters. The van der Waals surface area contributed by atoms with Crippen molar-refractivity contribution >= 4 is 5.91 Å². The fraction of sp³-hybridized carbons (Fsp3) is 0.588. The van der Waals surface area contributed by atoms with Gasteiger partial charge in [-0.15, -0.1) is 0 Å². The zero-order valence-electron chi connectivity index (χ0n) is 13.3. The summed E-state index contributed by atoms with van der Waals surface area (Å²) in [6, 6.07) is 6.23. The molecule has 0 radical (unpaired) electrons. The highest BCUT2D eigenvalue weighted by atomic mass is 19.1. The summed E-state index contributed by atoms with van der Waals surface area (Å²) in [4.78, 5) is 14.0. The van der Waals surface area contributed by atoms with Crippen LogP contribution in [0.3, 0.4) is 0 Å². The molecular formula is C17H25FN2O2. The lowest BCUT2D eigenvalue weighted by Crippen LogP contribution is -2.41. The number of aliphatic hydroxyl groups excluding tert-OH is 1. The van der Waals surface area contributed by atoms with Crippen molar-refractivity contribution in [2.75, 3.05) is 19.6 Å². The van der Waals surface area contributed by atoms with Gasteiger partial charge in [-0.3, -0.25) is 9.69 Å². The van der Waals surface area contributed by atoms with E-state index in [0.29, 0.717) is 37.2 Å². The van der Waals surface area contributed by atoms with Crippen molar-refractivity contribution in [1.82, 2.24) is 10.2 Å². The van der Waals surface area contributed by atoms with Gasteiger partial charge in [0.1, 0.15) is 5.82 Å². The number of carbonyl (C=O) groups is 1. The van der Waals surface area contributed by atoms with Gasteiger partial charge in [-0.2, -0.15) is 0 Å². The lowest BCUT2D eigenvalue weighted by Gasteiger charge is -2.24. The van der Waals surface area contributed by atoms with Crippen LogP contribution in [0.4, 0.5) is 4.39 Å². The summed E-state index contributed by atoms with van der Waals surface area (Å²) < 4.78 is 12.9. The number of benzene rings is 1. The van der Waals surface area contributed by atoms with Gasteiger partial charge >= 0.3 is 0 Å². The Morgan fingerprint density at radius 3 is 2.55 bits per heavy atom. The van der Waals surface area contributed by atoms with Gasteiger partial charge in [0.25, 0.3) is 0 Å². The van der Waals surface area contributed by atoms with E-state index in [9.17, 15) is 14.3 Å². The van der Waals surface area contributed by atoms with Crippen molar-refractivity contribution in [3.05, 3.63) is 35.6 Å². The van der Waals surface area contributed by atoms with E-state index in [0.717, 1.165) is 12.8 Å². The van der Waals surface area contributed by atoms with Crippen molar-refractivity contribution in [1.29, 1.82) is 0 Å². The van der Waals surface area contributed by atoms with Crippen LogP contribution in [0.25, 0.3) is 0 Å². The molecule has 5 heteroatoms. The van der Waals surface area contributed by atoms with Crippen molar-refractivity contribution in [2.24, 2.45) is 5.92 Å². The lowest BCUT2D eigenvalue weighted by molar-refractivity contribution is -0.122. The number of hydrogen-bond donors (Lipinski definition) is 2. The van der Waals surface area contributed by atoms with Gasteiger partial charge < -0.3 is 10.4 Å². The number of rotatable bonds is 8. The quantitative estimate of drug-likeness (QED) is 0.773. The molecule has 1 amide bonds. The molecule has 0 heterocycles. The van der Waals surface area contributed by atoms with Gasteiger partial charge in [0.2, 0.25) is 5.91 Å². The Hall–Kier alpha value is -1.46. The summed E-state index contributed by atoms with van der Waals surface area (Å²) in [6.07, 6.45) is 1.42. The van der Waals surface area contributed by atoms with Gasteiger partial charge in [0.05, 0.1) is 12.6 Å². The van der Waals surface area contributed by atoms with Gasteiger partial charge in [-0.1, -0.05) is 26.0 Å². The van der Waals surface area contributed by atoms with Gasteiger partial charge in [0, 0.05) is 19.1 Å². The molecule has 122 valence electrons. The highest BCUT2D eigenvalue weighted by Gasteiger charge is 2.31. The number of halogens is 1. The maximum atomic E-state index is 12.9. The Morgan fingerprint density at radius 1 is 1.36 bits per heavy atom. The first-order chi connectivity index (χ1) is 10.5. The standard InChI is InChI=1S/C17H25FN2O2/c1-12(2)9-19-17(22)11-20(15-7-8-15)10-16(21)13-3-5-14(18)6-4-13/h3-6,12,15-16,21H,7-11H2,1-2H3,(H,19,22). The van der Waals surface area contributed by atoms with Crippen LogP contribution in [-0.2, 0) is 4.79 Å². The smallest absolute Gasteiger partial charge is 0.234 e. The van der Waals surface area contributed by atoms with Crippen molar-refractivity contribution < 1.29 is 14.3 Å². The molecule has 1 aromatic rings. The summed E-state index contributed by atoms with van der Waals surface area (Å²) in [7, 11) is 0. The summed E-state index contributed by atoms with van der Waals surface area (Å²) in [5.74, 6) is 0.0955. The van der Waals surface area contributed by atoms with E-state index in [4.69, 9.17) is 0 Å². The molecule has 0 bridgehead atoms. The van der Waals surface area contributed by atoms with Crippen LogP contribution in [0.2, 0.25) is 0 Å². The first-order valence-corrected chi connectivity index (χ1v) is 7.90. The van der Waals surface area contributed by atoms with Gasteiger partial charge in [-0.25, -0.2) is 4.39 Å². The second-order valence-electron chi connectivity index (χ2n) is 6.43. The Balaban J connectivity index is 1.88. The highest BCUT2D eigenvalue weighted by Crippen LogP contribution is 2.28. The molecule has 0 aliphatic heterocycles. The van der Waals surface area contributed by atoms with E-state index < -0.39 is 6.10 Å². The number of hydrogen-bond acceptors (Lipinski definition) is 3. The van der Waals surface area contributed by atoms with Crippen LogP contribution in [0.5, 0.6) is 0 Å². The van der Waals surface area contributed by atoms with E-state index in [2.05, 4.69) is 19.2 Å². The minimum absolute atomic E-state index is 0.00749. The number of carbonyl (C=O) groups excluding carboxylic acids is 1. The molecule has 1 fully saturated rings. The van der Waals surface area contributed by atoms with Crippen LogP contribution < -0.4 is 5.32 Å². The van der Waals surface area contributed by atoms with Gasteiger partial charge in [-0.05, 0) is 36.5 Å². The third-order valence-corrected chi connectivity index (χ3v) is 3.78. The minimum Gasteiger partial charge on any atom is -0.387 e. The Morgan fingerprint density at radius 2 is 2.00 bits per heavy atom. The molecule has 0 aromatic heterocycles. The second kappa shape index (κ2) is 7.70. The van der Waals surface area contributed by atoms with Crippen LogP contribution in [0.15, 0.2) is 24.3 Å². The first kappa shape index (κ1) is 16.9. The zero-order chi connectivity index (χ0) is 16.1. The van der Waals surface area contributed by atoms with Crippen molar-refractivity contribution in [3.63, 3.8) is 0 Å². The van der Waals surface area contributed by atoms with Crippen LogP contribution in [-0.4, -0.2) is 41.6 Å². The largest absolute Gasteiger partial charge is 0.387 e. The number of nitrogens with zero attached hydrogens (tertiary/aromatic N) is 1. The van der Waals surface area contributed by atoms with Crippen molar-refractivity contribution in [3.8, 4) is 0 Å². The average Bonchev–Trinajstić information content (AvgIpc) is 3.29. The summed E-state index contributed by atoms with van der Waals surface area (Å²) in [5.41, 5.74) is 0.676. The highest BCUT2D eigenvalue weighted by molar-refractivity contribution is 5.78. The van der Waals surface area contributed by atoms with Gasteiger partial charge in [0.15, 0.2) is 0 Å². The fourth-order valence-corrected chi connectivity index (χ4v) is 2.35. The maximum Gasteiger partial charge on any atom is 0.234 e. The molecule has 1 aliphatic rings. The third kappa shape index (κ3) is 5.39. The molecule has 1 atom stereocenters. The molecule has 0 saturated heterocycles. The fourth-order valence-electron chi connectivity index (χ4n) is 2.35. The number of nitrogens with one attached hydrogen (secondary N) is 1. The predicted octanol–water partition coefficient (Wildman–Crippen LogP) is 2.10. The van der Waals surface area contributed by atoms with Crippen LogP contribution >= 0.6 is 0 Å². The maximum absolute atomic E-state index is 12.9. The summed E-state index contributed by atoms with van der Waals surface area (Å²) >= 11 is 0. The third-order valence-electron chi connectivity index (χ3n) is 3.78. The SMILES string of the molecule is CC(C)CNC(=O)CN(CC(O)c1ccc(F)cc1)C1CC1. The molecule has 1 aromatic carbocycles. The number of aliphatic hydroxyl groups is 1. The van der Waals surface area contributed by atoms with Crippen LogP contribution in [0.1, 0.15) is 38.4 Å². The topological polar surface area (TPSA) is 52.6 Å². The molecule has 22 heavy (non-hydrogen) atoms. The molecule has 1 aliphatic carbocycles. The normalized spacial score (nSPS) is 16.1.